The molecule has 0 radical (unpaired) electrons. The van der Waals surface area contributed by atoms with Crippen LogP contribution in [0.2, 0.25) is 5.02 Å². The quantitative estimate of drug-likeness (QED) is 0.837. The molecule has 2 atom stereocenters. The van der Waals surface area contributed by atoms with Crippen molar-refractivity contribution in [3.05, 3.63) is 34.9 Å². The molecule has 2 unspecified atom stereocenters. The first-order valence-corrected chi connectivity index (χ1v) is 7.62. The van der Waals surface area contributed by atoms with Gasteiger partial charge >= 0.3 is 0 Å². The van der Waals surface area contributed by atoms with Crippen LogP contribution in [0.4, 0.5) is 0 Å². The smallest absolute Gasteiger partial charge is 0.0406 e. The number of rotatable bonds is 5. The Morgan fingerprint density at radius 2 is 1.78 bits per heavy atom. The molecule has 1 saturated carbocycles. The lowest BCUT2D eigenvalue weighted by molar-refractivity contribution is 0.229. The molecular weight excluding hydrogens is 242 g/mol. The fourth-order valence-corrected chi connectivity index (χ4v) is 3.20. The standard InChI is InChI=1S/C16H24ClN/c1-2-18-12-15-6-4-3-5-14(15)11-13-7-9-16(17)10-8-13/h7-10,14-15,18H,2-6,11-12H2,1H3. The van der Waals surface area contributed by atoms with Crippen LogP contribution in [0.15, 0.2) is 24.3 Å². The maximum absolute atomic E-state index is 5.94. The highest BCUT2D eigenvalue weighted by atomic mass is 35.5. The van der Waals surface area contributed by atoms with Gasteiger partial charge in [0.05, 0.1) is 0 Å². The van der Waals surface area contributed by atoms with Crippen LogP contribution in [-0.4, -0.2) is 13.1 Å². The van der Waals surface area contributed by atoms with Gasteiger partial charge in [-0.15, -0.1) is 0 Å². The van der Waals surface area contributed by atoms with Crippen LogP contribution in [0, 0.1) is 11.8 Å². The van der Waals surface area contributed by atoms with E-state index in [-0.39, 0.29) is 0 Å². The van der Waals surface area contributed by atoms with Crippen LogP contribution < -0.4 is 5.32 Å². The van der Waals surface area contributed by atoms with E-state index >= 15 is 0 Å². The highest BCUT2D eigenvalue weighted by Gasteiger charge is 2.24. The molecule has 2 rings (SSSR count). The Morgan fingerprint density at radius 1 is 1.11 bits per heavy atom. The summed E-state index contributed by atoms with van der Waals surface area (Å²) < 4.78 is 0. The van der Waals surface area contributed by atoms with Gasteiger partial charge in [0.2, 0.25) is 0 Å². The van der Waals surface area contributed by atoms with Gasteiger partial charge in [0.15, 0.2) is 0 Å². The third-order valence-electron chi connectivity index (χ3n) is 4.13. The second-order valence-electron chi connectivity index (χ2n) is 5.44. The van der Waals surface area contributed by atoms with E-state index in [0.717, 1.165) is 23.4 Å². The monoisotopic (exact) mass is 265 g/mol. The topological polar surface area (TPSA) is 12.0 Å². The third-order valence-corrected chi connectivity index (χ3v) is 4.39. The van der Waals surface area contributed by atoms with Crippen molar-refractivity contribution < 1.29 is 0 Å². The molecule has 0 aliphatic heterocycles. The SMILES string of the molecule is CCNCC1CCCCC1Cc1ccc(Cl)cc1. The van der Waals surface area contributed by atoms with E-state index in [1.807, 2.05) is 12.1 Å². The molecule has 0 saturated heterocycles. The van der Waals surface area contributed by atoms with Crippen molar-refractivity contribution in [2.45, 2.75) is 39.0 Å². The van der Waals surface area contributed by atoms with Crippen molar-refractivity contribution in [3.63, 3.8) is 0 Å². The summed E-state index contributed by atoms with van der Waals surface area (Å²) in [5.74, 6) is 1.70. The second-order valence-corrected chi connectivity index (χ2v) is 5.88. The minimum absolute atomic E-state index is 0.839. The lowest BCUT2D eigenvalue weighted by Crippen LogP contribution is -2.31. The van der Waals surface area contributed by atoms with Crippen molar-refractivity contribution in [1.82, 2.24) is 5.32 Å². The second kappa shape index (κ2) is 7.16. The zero-order valence-electron chi connectivity index (χ0n) is 11.3. The summed E-state index contributed by atoms with van der Waals surface area (Å²) in [5.41, 5.74) is 1.44. The Bertz CT molecular complexity index is 347. The first-order chi connectivity index (χ1) is 8.79. The summed E-state index contributed by atoms with van der Waals surface area (Å²) in [4.78, 5) is 0. The fourth-order valence-electron chi connectivity index (χ4n) is 3.07. The van der Waals surface area contributed by atoms with Crippen molar-refractivity contribution in [2.24, 2.45) is 11.8 Å². The zero-order chi connectivity index (χ0) is 12.8. The Kier molecular flexibility index (Phi) is 5.52. The summed E-state index contributed by atoms with van der Waals surface area (Å²) in [6.45, 7) is 4.47. The first-order valence-electron chi connectivity index (χ1n) is 7.24. The Morgan fingerprint density at radius 3 is 2.44 bits per heavy atom. The minimum Gasteiger partial charge on any atom is -0.317 e. The molecule has 1 aromatic rings. The molecule has 0 bridgehead atoms. The van der Waals surface area contributed by atoms with E-state index in [1.54, 1.807) is 0 Å². The van der Waals surface area contributed by atoms with Crippen LogP contribution in [0.3, 0.4) is 0 Å². The zero-order valence-corrected chi connectivity index (χ0v) is 12.0. The first kappa shape index (κ1) is 13.9. The maximum Gasteiger partial charge on any atom is 0.0406 e. The van der Waals surface area contributed by atoms with Gasteiger partial charge in [-0.05, 0) is 61.9 Å². The van der Waals surface area contributed by atoms with Crippen molar-refractivity contribution in [1.29, 1.82) is 0 Å². The molecule has 1 fully saturated rings. The lowest BCUT2D eigenvalue weighted by atomic mass is 9.76. The average Bonchev–Trinajstić information content (AvgIpc) is 2.40. The number of hydrogen-bond acceptors (Lipinski definition) is 1. The highest BCUT2D eigenvalue weighted by Crippen LogP contribution is 2.32. The molecule has 0 spiro atoms. The fraction of sp³-hybridized carbons (Fsp3) is 0.625. The molecule has 0 aromatic heterocycles. The van der Waals surface area contributed by atoms with Gasteiger partial charge in [0.1, 0.15) is 0 Å². The minimum atomic E-state index is 0.839. The molecule has 1 nitrogen and oxygen atoms in total. The van der Waals surface area contributed by atoms with Gasteiger partial charge in [0.25, 0.3) is 0 Å². The molecule has 1 N–H and O–H groups in total. The Balaban J connectivity index is 1.94. The predicted octanol–water partition coefficient (Wildman–Crippen LogP) is 4.30. The summed E-state index contributed by atoms with van der Waals surface area (Å²) in [5, 5.41) is 4.36. The average molecular weight is 266 g/mol. The van der Waals surface area contributed by atoms with Gasteiger partial charge < -0.3 is 5.32 Å². The van der Waals surface area contributed by atoms with Crippen LogP contribution in [0.1, 0.15) is 38.2 Å². The largest absolute Gasteiger partial charge is 0.317 e. The molecule has 1 aromatic carbocycles. The van der Waals surface area contributed by atoms with E-state index in [1.165, 1.54) is 44.2 Å². The van der Waals surface area contributed by atoms with Gasteiger partial charge in [-0.2, -0.15) is 0 Å². The number of halogens is 1. The molecule has 2 heteroatoms. The molecule has 18 heavy (non-hydrogen) atoms. The van der Waals surface area contributed by atoms with Crippen molar-refractivity contribution >= 4 is 11.6 Å². The Labute approximate surface area is 116 Å². The molecule has 1 aliphatic rings. The van der Waals surface area contributed by atoms with E-state index in [2.05, 4.69) is 24.4 Å². The predicted molar refractivity (Wildman–Crippen MR) is 79.1 cm³/mol. The summed E-state index contributed by atoms with van der Waals surface area (Å²) in [6.07, 6.45) is 6.81. The van der Waals surface area contributed by atoms with Crippen LogP contribution in [-0.2, 0) is 6.42 Å². The molecule has 0 heterocycles. The maximum atomic E-state index is 5.94. The van der Waals surface area contributed by atoms with E-state index in [4.69, 9.17) is 11.6 Å². The van der Waals surface area contributed by atoms with Gasteiger partial charge in [0, 0.05) is 5.02 Å². The highest BCUT2D eigenvalue weighted by molar-refractivity contribution is 6.30. The van der Waals surface area contributed by atoms with Crippen molar-refractivity contribution in [2.75, 3.05) is 13.1 Å². The van der Waals surface area contributed by atoms with Gasteiger partial charge in [-0.25, -0.2) is 0 Å². The molecule has 100 valence electrons. The normalized spacial score (nSPS) is 24.1. The number of nitrogens with one attached hydrogen (secondary N) is 1. The number of benzene rings is 1. The lowest BCUT2D eigenvalue weighted by Gasteiger charge is -2.32. The third kappa shape index (κ3) is 4.00. The summed E-state index contributed by atoms with van der Waals surface area (Å²) in [6, 6.07) is 8.39. The summed E-state index contributed by atoms with van der Waals surface area (Å²) >= 11 is 5.94. The molecule has 0 amide bonds. The van der Waals surface area contributed by atoms with Gasteiger partial charge in [-0.3, -0.25) is 0 Å². The molecule has 1 aliphatic carbocycles. The van der Waals surface area contributed by atoms with Crippen molar-refractivity contribution in [3.8, 4) is 0 Å². The van der Waals surface area contributed by atoms with E-state index < -0.39 is 0 Å². The van der Waals surface area contributed by atoms with E-state index in [9.17, 15) is 0 Å². The van der Waals surface area contributed by atoms with E-state index in [0.29, 0.717) is 0 Å². The van der Waals surface area contributed by atoms with Crippen LogP contribution in [0.25, 0.3) is 0 Å². The van der Waals surface area contributed by atoms with Gasteiger partial charge in [-0.1, -0.05) is 43.5 Å². The van der Waals surface area contributed by atoms with Crippen LogP contribution in [0.5, 0.6) is 0 Å². The molecular formula is C16H24ClN. The van der Waals surface area contributed by atoms with Crippen LogP contribution >= 0.6 is 11.6 Å². The number of hydrogen-bond donors (Lipinski definition) is 1. The Hall–Kier alpha value is -0.530. The summed E-state index contributed by atoms with van der Waals surface area (Å²) in [7, 11) is 0.